The number of likely N-dealkylation sites (tertiary alicyclic amines) is 1. The van der Waals surface area contributed by atoms with E-state index in [0.29, 0.717) is 6.54 Å². The van der Waals surface area contributed by atoms with Crippen molar-refractivity contribution in [1.82, 2.24) is 4.90 Å². The van der Waals surface area contributed by atoms with Crippen LogP contribution in [0.5, 0.6) is 0 Å². The molecule has 1 saturated carbocycles. The van der Waals surface area contributed by atoms with Crippen LogP contribution in [0.4, 0.5) is 0 Å². The van der Waals surface area contributed by atoms with Crippen LogP contribution in [0.2, 0.25) is 0 Å². The van der Waals surface area contributed by atoms with E-state index in [4.69, 9.17) is 5.73 Å². The van der Waals surface area contributed by atoms with Crippen molar-refractivity contribution >= 4 is 0 Å². The van der Waals surface area contributed by atoms with Crippen molar-refractivity contribution in [2.45, 2.75) is 31.8 Å². The Hall–Kier alpha value is -0.120. The van der Waals surface area contributed by atoms with Crippen LogP contribution >= 0.6 is 0 Å². The summed E-state index contributed by atoms with van der Waals surface area (Å²) in [7, 11) is 0. The zero-order valence-electron chi connectivity index (χ0n) is 8.86. The van der Waals surface area contributed by atoms with Crippen LogP contribution in [-0.2, 0) is 0 Å². The van der Waals surface area contributed by atoms with Crippen LogP contribution in [0.15, 0.2) is 0 Å². The molecule has 1 aliphatic heterocycles. The van der Waals surface area contributed by atoms with Gasteiger partial charge in [-0.1, -0.05) is 6.42 Å². The predicted molar refractivity (Wildman–Crippen MR) is 56.9 cm³/mol. The van der Waals surface area contributed by atoms with Crippen molar-refractivity contribution in [1.29, 1.82) is 0 Å². The normalized spacial score (nSPS) is 35.6. The average Bonchev–Trinajstić information content (AvgIpc) is 2.17. The monoisotopic (exact) mass is 198 g/mol. The predicted octanol–water partition coefficient (Wildman–Crippen LogP) is 0.428. The Kier molecular flexibility index (Phi) is 3.42. The molecule has 2 aliphatic rings. The summed E-state index contributed by atoms with van der Waals surface area (Å²) in [4.78, 5) is 2.41. The van der Waals surface area contributed by atoms with E-state index in [1.54, 1.807) is 0 Å². The lowest BCUT2D eigenvalue weighted by Crippen LogP contribution is -2.46. The molecule has 0 radical (unpaired) electrons. The number of rotatable bonds is 3. The van der Waals surface area contributed by atoms with Gasteiger partial charge in [0.2, 0.25) is 0 Å². The number of hydrogen-bond acceptors (Lipinski definition) is 3. The number of nitrogens with zero attached hydrogens (tertiary/aromatic N) is 1. The zero-order chi connectivity index (χ0) is 9.97. The maximum Gasteiger partial charge on any atom is 0.0789 e. The number of fused-ring (bicyclic) bond motifs is 2. The highest BCUT2D eigenvalue weighted by Gasteiger charge is 2.30. The van der Waals surface area contributed by atoms with Crippen molar-refractivity contribution < 1.29 is 5.11 Å². The van der Waals surface area contributed by atoms with Gasteiger partial charge >= 0.3 is 0 Å². The molecule has 2 unspecified atom stereocenters. The highest BCUT2D eigenvalue weighted by Crippen LogP contribution is 2.34. The highest BCUT2D eigenvalue weighted by molar-refractivity contribution is 4.84. The number of aliphatic hydroxyl groups is 1. The molecule has 0 aromatic carbocycles. The van der Waals surface area contributed by atoms with Gasteiger partial charge in [-0.15, -0.1) is 0 Å². The minimum atomic E-state index is -0.325. The smallest absolute Gasteiger partial charge is 0.0789 e. The van der Waals surface area contributed by atoms with E-state index in [1.807, 2.05) is 0 Å². The molecule has 0 spiro atoms. The standard InChI is InChI=1S/C11H22N2O/c12-5-11(14)8-13-6-9-2-1-3-10(4-9)7-13/h9-11,14H,1-8,12H2/t9?,10?,11-/m0/s1. The topological polar surface area (TPSA) is 49.5 Å². The zero-order valence-corrected chi connectivity index (χ0v) is 8.86. The van der Waals surface area contributed by atoms with Gasteiger partial charge in [0, 0.05) is 26.2 Å². The fourth-order valence-electron chi connectivity index (χ4n) is 3.06. The molecule has 3 atom stereocenters. The van der Waals surface area contributed by atoms with Crippen LogP contribution < -0.4 is 5.73 Å². The molecule has 0 aromatic rings. The first-order chi connectivity index (χ1) is 6.78. The van der Waals surface area contributed by atoms with Gasteiger partial charge in [0.1, 0.15) is 0 Å². The molecule has 82 valence electrons. The molecule has 14 heavy (non-hydrogen) atoms. The minimum Gasteiger partial charge on any atom is -0.390 e. The Bertz CT molecular complexity index is 171. The van der Waals surface area contributed by atoms with Crippen LogP contribution in [-0.4, -0.2) is 42.3 Å². The largest absolute Gasteiger partial charge is 0.390 e. The van der Waals surface area contributed by atoms with Crippen molar-refractivity contribution in [2.75, 3.05) is 26.2 Å². The Morgan fingerprint density at radius 1 is 1.29 bits per heavy atom. The van der Waals surface area contributed by atoms with E-state index < -0.39 is 0 Å². The van der Waals surface area contributed by atoms with Crippen LogP contribution in [0, 0.1) is 11.8 Å². The van der Waals surface area contributed by atoms with Gasteiger partial charge in [0.05, 0.1) is 6.10 Å². The molecule has 1 saturated heterocycles. The average molecular weight is 198 g/mol. The van der Waals surface area contributed by atoms with Gasteiger partial charge in [-0.3, -0.25) is 0 Å². The van der Waals surface area contributed by atoms with E-state index in [1.165, 1.54) is 38.8 Å². The number of piperidine rings is 1. The number of aliphatic hydroxyl groups excluding tert-OH is 1. The SMILES string of the molecule is NC[C@H](O)CN1CC2CCCC(C2)C1. The second-order valence-electron chi connectivity index (χ2n) is 5.01. The molecule has 1 aliphatic carbocycles. The van der Waals surface area contributed by atoms with Gasteiger partial charge in [0.25, 0.3) is 0 Å². The summed E-state index contributed by atoms with van der Waals surface area (Å²) in [6, 6.07) is 0. The Morgan fingerprint density at radius 3 is 2.50 bits per heavy atom. The third-order valence-corrected chi connectivity index (χ3v) is 3.67. The summed E-state index contributed by atoms with van der Waals surface area (Å²) in [5.41, 5.74) is 5.43. The molecule has 0 aromatic heterocycles. The summed E-state index contributed by atoms with van der Waals surface area (Å²) in [6.07, 6.45) is 5.31. The van der Waals surface area contributed by atoms with Crippen LogP contribution in [0.3, 0.4) is 0 Å². The van der Waals surface area contributed by atoms with Gasteiger partial charge < -0.3 is 15.7 Å². The molecule has 3 nitrogen and oxygen atoms in total. The highest BCUT2D eigenvalue weighted by atomic mass is 16.3. The fourth-order valence-corrected chi connectivity index (χ4v) is 3.06. The van der Waals surface area contributed by atoms with Gasteiger partial charge in [-0.05, 0) is 31.1 Å². The second-order valence-corrected chi connectivity index (χ2v) is 5.01. The maximum atomic E-state index is 9.51. The number of nitrogens with two attached hydrogens (primary N) is 1. The molecule has 3 N–H and O–H groups in total. The summed E-state index contributed by atoms with van der Waals surface area (Å²) < 4.78 is 0. The maximum absolute atomic E-state index is 9.51. The molecule has 3 heteroatoms. The van der Waals surface area contributed by atoms with Crippen LogP contribution in [0.25, 0.3) is 0 Å². The number of β-amino-alcohol motifs (C(OH)–C–C–N with tert-alkyl or cyclic N) is 1. The molecular weight excluding hydrogens is 176 g/mol. The summed E-state index contributed by atoms with van der Waals surface area (Å²) in [6.45, 7) is 3.55. The number of hydrogen-bond donors (Lipinski definition) is 2. The van der Waals surface area contributed by atoms with Crippen molar-refractivity contribution in [3.8, 4) is 0 Å². The Labute approximate surface area is 86.3 Å². The molecule has 1 heterocycles. The molecule has 0 amide bonds. The summed E-state index contributed by atoms with van der Waals surface area (Å²) >= 11 is 0. The first kappa shape index (κ1) is 10.4. The van der Waals surface area contributed by atoms with Gasteiger partial charge in [-0.2, -0.15) is 0 Å². The second kappa shape index (κ2) is 4.60. The Morgan fingerprint density at radius 2 is 1.93 bits per heavy atom. The van der Waals surface area contributed by atoms with E-state index in [0.717, 1.165) is 18.4 Å². The van der Waals surface area contributed by atoms with Gasteiger partial charge in [0.15, 0.2) is 0 Å². The lowest BCUT2D eigenvalue weighted by Gasteiger charge is -2.41. The molecule has 2 bridgehead atoms. The first-order valence-electron chi connectivity index (χ1n) is 5.88. The van der Waals surface area contributed by atoms with Crippen molar-refractivity contribution in [3.05, 3.63) is 0 Å². The lowest BCUT2D eigenvalue weighted by atomic mass is 9.78. The summed E-state index contributed by atoms with van der Waals surface area (Å²) in [5, 5.41) is 9.51. The third-order valence-electron chi connectivity index (χ3n) is 3.67. The minimum absolute atomic E-state index is 0.325. The molecular formula is C11H22N2O. The summed E-state index contributed by atoms with van der Waals surface area (Å²) in [5.74, 6) is 1.79. The van der Waals surface area contributed by atoms with E-state index in [9.17, 15) is 5.11 Å². The van der Waals surface area contributed by atoms with Crippen molar-refractivity contribution in [3.63, 3.8) is 0 Å². The molecule has 2 rings (SSSR count). The third kappa shape index (κ3) is 2.47. The van der Waals surface area contributed by atoms with Crippen molar-refractivity contribution in [2.24, 2.45) is 17.6 Å². The van der Waals surface area contributed by atoms with Gasteiger partial charge in [-0.25, -0.2) is 0 Å². The Balaban J connectivity index is 1.83. The quantitative estimate of drug-likeness (QED) is 0.691. The fraction of sp³-hybridized carbons (Fsp3) is 1.00. The lowest BCUT2D eigenvalue weighted by molar-refractivity contribution is 0.0459. The van der Waals surface area contributed by atoms with Crippen LogP contribution in [0.1, 0.15) is 25.7 Å². The van der Waals surface area contributed by atoms with E-state index in [-0.39, 0.29) is 6.10 Å². The van der Waals surface area contributed by atoms with E-state index >= 15 is 0 Å². The van der Waals surface area contributed by atoms with E-state index in [2.05, 4.69) is 4.90 Å². The molecule has 2 fully saturated rings. The first-order valence-corrected chi connectivity index (χ1v) is 5.88.